The standard InChI is InChI=1S/C22H34N4O3S/c1-4-6-7-8-9-10-16(5-2)21(27)25-22-24-18-17(28-3)15-23-20(19(18)30-22)26-11-13-29-14-12-26/h15-16H,4-14H2,1-3H3,(H,24,25,27). The highest BCUT2D eigenvalue weighted by Gasteiger charge is 2.22. The first-order valence-electron chi connectivity index (χ1n) is 11.1. The van der Waals surface area contributed by atoms with Crippen LogP contribution in [-0.2, 0) is 9.53 Å². The summed E-state index contributed by atoms with van der Waals surface area (Å²) < 4.78 is 11.9. The van der Waals surface area contributed by atoms with E-state index < -0.39 is 0 Å². The van der Waals surface area contributed by atoms with Crippen molar-refractivity contribution >= 4 is 38.4 Å². The van der Waals surface area contributed by atoms with Crippen molar-refractivity contribution in [1.29, 1.82) is 0 Å². The number of rotatable bonds is 11. The molecule has 1 atom stereocenters. The smallest absolute Gasteiger partial charge is 0.229 e. The average molecular weight is 435 g/mol. The zero-order valence-corrected chi connectivity index (χ0v) is 19.2. The Hall–Kier alpha value is -1.93. The Kier molecular flexibility index (Phi) is 8.69. The number of carbonyl (C=O) groups is 1. The summed E-state index contributed by atoms with van der Waals surface area (Å²) >= 11 is 1.47. The van der Waals surface area contributed by atoms with E-state index >= 15 is 0 Å². The van der Waals surface area contributed by atoms with Crippen LogP contribution < -0.4 is 15.0 Å². The van der Waals surface area contributed by atoms with Crippen LogP contribution in [0.3, 0.4) is 0 Å². The molecule has 3 heterocycles. The molecule has 30 heavy (non-hydrogen) atoms. The van der Waals surface area contributed by atoms with Gasteiger partial charge in [-0.3, -0.25) is 4.79 Å². The van der Waals surface area contributed by atoms with Crippen molar-refractivity contribution in [2.24, 2.45) is 5.92 Å². The van der Waals surface area contributed by atoms with Gasteiger partial charge in [0.2, 0.25) is 5.91 Å². The molecule has 2 aromatic heterocycles. The van der Waals surface area contributed by atoms with Crippen molar-refractivity contribution < 1.29 is 14.3 Å². The van der Waals surface area contributed by atoms with Crippen LogP contribution in [0.2, 0.25) is 0 Å². The molecular weight excluding hydrogens is 400 g/mol. The summed E-state index contributed by atoms with van der Waals surface area (Å²) in [5.41, 5.74) is 0.752. The molecule has 2 aromatic rings. The Labute approximate surface area is 183 Å². The van der Waals surface area contributed by atoms with Gasteiger partial charge in [-0.2, -0.15) is 0 Å². The molecule has 0 aromatic carbocycles. The molecule has 166 valence electrons. The molecule has 1 unspecified atom stereocenters. The van der Waals surface area contributed by atoms with Crippen LogP contribution in [0.1, 0.15) is 58.8 Å². The van der Waals surface area contributed by atoms with Gasteiger partial charge in [0.1, 0.15) is 16.0 Å². The molecule has 0 saturated carbocycles. The molecule has 0 radical (unpaired) electrons. The first kappa shape index (κ1) is 22.7. The summed E-state index contributed by atoms with van der Waals surface area (Å²) in [7, 11) is 1.62. The fraction of sp³-hybridized carbons (Fsp3) is 0.682. The lowest BCUT2D eigenvalue weighted by Crippen LogP contribution is -2.36. The number of thiazole rings is 1. The van der Waals surface area contributed by atoms with E-state index in [0.717, 1.165) is 48.4 Å². The zero-order valence-electron chi connectivity index (χ0n) is 18.4. The molecule has 1 aliphatic heterocycles. The predicted octanol–water partition coefficient (Wildman–Crippen LogP) is 4.86. The fourth-order valence-corrected chi connectivity index (χ4v) is 4.80. The van der Waals surface area contributed by atoms with Crippen LogP contribution in [-0.4, -0.2) is 49.3 Å². The minimum absolute atomic E-state index is 0.0253. The molecule has 0 aliphatic carbocycles. The quantitative estimate of drug-likeness (QED) is 0.509. The molecule has 0 spiro atoms. The number of ether oxygens (including phenoxy) is 2. The number of hydrogen-bond donors (Lipinski definition) is 1. The minimum Gasteiger partial charge on any atom is -0.493 e. The van der Waals surface area contributed by atoms with E-state index in [2.05, 4.69) is 34.0 Å². The maximum absolute atomic E-state index is 12.9. The number of morpholine rings is 1. The number of fused-ring (bicyclic) bond motifs is 1. The molecule has 0 bridgehead atoms. The minimum atomic E-state index is 0.0253. The number of aromatic nitrogens is 2. The van der Waals surface area contributed by atoms with Gasteiger partial charge in [0.15, 0.2) is 10.9 Å². The number of carbonyl (C=O) groups excluding carboxylic acids is 1. The van der Waals surface area contributed by atoms with Gasteiger partial charge in [0.05, 0.1) is 26.5 Å². The Morgan fingerprint density at radius 1 is 1.27 bits per heavy atom. The molecule has 1 saturated heterocycles. The van der Waals surface area contributed by atoms with Gasteiger partial charge in [0.25, 0.3) is 0 Å². The Morgan fingerprint density at radius 3 is 2.73 bits per heavy atom. The maximum atomic E-state index is 12.9. The summed E-state index contributed by atoms with van der Waals surface area (Å²) in [6, 6.07) is 0. The first-order valence-corrected chi connectivity index (χ1v) is 12.0. The van der Waals surface area contributed by atoms with Gasteiger partial charge < -0.3 is 19.7 Å². The fourth-order valence-electron chi connectivity index (χ4n) is 3.80. The molecule has 7 nitrogen and oxygen atoms in total. The molecule has 1 aliphatic rings. The van der Waals surface area contributed by atoms with Crippen molar-refractivity contribution in [2.45, 2.75) is 58.8 Å². The van der Waals surface area contributed by atoms with E-state index in [1.807, 2.05) is 0 Å². The Morgan fingerprint density at radius 2 is 2.03 bits per heavy atom. The van der Waals surface area contributed by atoms with E-state index in [1.54, 1.807) is 13.3 Å². The van der Waals surface area contributed by atoms with Crippen LogP contribution in [0, 0.1) is 5.92 Å². The van der Waals surface area contributed by atoms with Gasteiger partial charge in [-0.05, 0) is 12.8 Å². The number of methoxy groups -OCH3 is 1. The van der Waals surface area contributed by atoms with E-state index in [0.29, 0.717) is 24.1 Å². The lowest BCUT2D eigenvalue weighted by Gasteiger charge is -2.28. The summed E-state index contributed by atoms with van der Waals surface area (Å²) in [5, 5.41) is 3.67. The number of nitrogens with zero attached hydrogens (tertiary/aromatic N) is 3. The number of anilines is 2. The van der Waals surface area contributed by atoms with Crippen LogP contribution >= 0.6 is 11.3 Å². The number of nitrogens with one attached hydrogen (secondary N) is 1. The lowest BCUT2D eigenvalue weighted by molar-refractivity contribution is -0.120. The SMILES string of the molecule is CCCCCCCC(CC)C(=O)Nc1nc2c(OC)cnc(N3CCOCC3)c2s1. The van der Waals surface area contributed by atoms with E-state index in [-0.39, 0.29) is 11.8 Å². The third-order valence-electron chi connectivity index (χ3n) is 5.65. The molecule has 1 fully saturated rings. The van der Waals surface area contributed by atoms with Gasteiger partial charge in [-0.1, -0.05) is 57.3 Å². The molecular formula is C22H34N4O3S. The number of unbranched alkanes of at least 4 members (excludes halogenated alkanes) is 4. The number of hydrogen-bond acceptors (Lipinski definition) is 7. The summed E-state index contributed by atoms with van der Waals surface area (Å²) in [6.07, 6.45) is 9.55. The Balaban J connectivity index is 1.72. The van der Waals surface area contributed by atoms with Crippen molar-refractivity contribution in [3.05, 3.63) is 6.20 Å². The molecule has 8 heteroatoms. The molecule has 1 amide bonds. The maximum Gasteiger partial charge on any atom is 0.229 e. The van der Waals surface area contributed by atoms with Crippen LogP contribution in [0.15, 0.2) is 6.20 Å². The average Bonchev–Trinajstić information content (AvgIpc) is 3.19. The zero-order chi connectivity index (χ0) is 21.3. The van der Waals surface area contributed by atoms with E-state index in [4.69, 9.17) is 9.47 Å². The van der Waals surface area contributed by atoms with Gasteiger partial charge in [0, 0.05) is 19.0 Å². The van der Waals surface area contributed by atoms with Crippen molar-refractivity contribution in [1.82, 2.24) is 9.97 Å². The third kappa shape index (κ3) is 5.60. The summed E-state index contributed by atoms with van der Waals surface area (Å²) in [5.74, 6) is 1.60. The van der Waals surface area contributed by atoms with Crippen molar-refractivity contribution in [3.8, 4) is 5.75 Å². The van der Waals surface area contributed by atoms with Crippen molar-refractivity contribution in [3.63, 3.8) is 0 Å². The van der Waals surface area contributed by atoms with Crippen LogP contribution in [0.4, 0.5) is 10.9 Å². The second-order valence-corrected chi connectivity index (χ2v) is 8.74. The third-order valence-corrected chi connectivity index (χ3v) is 6.61. The van der Waals surface area contributed by atoms with Crippen LogP contribution in [0.25, 0.3) is 10.2 Å². The summed E-state index contributed by atoms with van der Waals surface area (Å²) in [4.78, 5) is 24.4. The van der Waals surface area contributed by atoms with E-state index in [9.17, 15) is 4.79 Å². The second kappa shape index (κ2) is 11.5. The van der Waals surface area contributed by atoms with Gasteiger partial charge in [-0.25, -0.2) is 9.97 Å². The summed E-state index contributed by atoms with van der Waals surface area (Å²) in [6.45, 7) is 7.27. The normalized spacial score (nSPS) is 15.4. The van der Waals surface area contributed by atoms with Crippen LogP contribution in [0.5, 0.6) is 5.75 Å². The number of pyridine rings is 1. The predicted molar refractivity (Wildman–Crippen MR) is 123 cm³/mol. The second-order valence-electron chi connectivity index (χ2n) is 7.74. The lowest BCUT2D eigenvalue weighted by atomic mass is 9.97. The topological polar surface area (TPSA) is 76.6 Å². The monoisotopic (exact) mass is 434 g/mol. The highest BCUT2D eigenvalue weighted by Crippen LogP contribution is 2.38. The molecule has 3 rings (SSSR count). The number of amides is 1. The largest absolute Gasteiger partial charge is 0.493 e. The van der Waals surface area contributed by atoms with Crippen molar-refractivity contribution in [2.75, 3.05) is 43.6 Å². The van der Waals surface area contributed by atoms with E-state index in [1.165, 1.54) is 37.0 Å². The van der Waals surface area contributed by atoms with Gasteiger partial charge >= 0.3 is 0 Å². The Bertz CT molecular complexity index is 820. The first-order chi connectivity index (χ1) is 14.7. The highest BCUT2D eigenvalue weighted by molar-refractivity contribution is 7.23. The highest BCUT2D eigenvalue weighted by atomic mass is 32.1. The molecule has 1 N–H and O–H groups in total. The van der Waals surface area contributed by atoms with Gasteiger partial charge in [-0.15, -0.1) is 0 Å².